The van der Waals surface area contributed by atoms with E-state index in [0.717, 1.165) is 48.1 Å². The number of ether oxygens (including phenoxy) is 1. The molecule has 0 spiro atoms. The Kier molecular flexibility index (Phi) is 5.71. The first-order valence-corrected chi connectivity index (χ1v) is 8.92. The molecule has 132 valence electrons. The molecular weight excluding hydrogens is 312 g/mol. The standard InChI is InChI=1S/C21H26N2O2/c1-25-20-7-3-4-17(13-20)16-10-8-15(9-11-16)14-23-21(24)18-5-2-6-19(22)12-18/h3-4,7-11,13,18-19H,2,5-6,12,14,22H2,1H3,(H,23,24). The van der Waals surface area contributed by atoms with Gasteiger partial charge in [-0.1, -0.05) is 42.8 Å². The van der Waals surface area contributed by atoms with Gasteiger partial charge in [0.05, 0.1) is 7.11 Å². The Morgan fingerprint density at radius 1 is 1.16 bits per heavy atom. The van der Waals surface area contributed by atoms with Gasteiger partial charge >= 0.3 is 0 Å². The van der Waals surface area contributed by atoms with Crippen LogP contribution in [0.15, 0.2) is 48.5 Å². The zero-order valence-corrected chi connectivity index (χ0v) is 14.7. The van der Waals surface area contributed by atoms with E-state index in [9.17, 15) is 4.79 Å². The van der Waals surface area contributed by atoms with Crippen molar-refractivity contribution in [2.75, 3.05) is 7.11 Å². The van der Waals surface area contributed by atoms with Crippen LogP contribution in [0.2, 0.25) is 0 Å². The van der Waals surface area contributed by atoms with Gasteiger partial charge in [0, 0.05) is 18.5 Å². The van der Waals surface area contributed by atoms with Gasteiger partial charge in [-0.15, -0.1) is 0 Å². The monoisotopic (exact) mass is 338 g/mol. The molecule has 1 aliphatic rings. The minimum atomic E-state index is 0.0693. The van der Waals surface area contributed by atoms with E-state index in [1.54, 1.807) is 7.11 Å². The van der Waals surface area contributed by atoms with Crippen LogP contribution in [0.3, 0.4) is 0 Å². The second-order valence-electron chi connectivity index (χ2n) is 6.77. The lowest BCUT2D eigenvalue weighted by Crippen LogP contribution is -2.37. The number of carbonyl (C=O) groups excluding carboxylic acids is 1. The van der Waals surface area contributed by atoms with Gasteiger partial charge in [0.1, 0.15) is 5.75 Å². The van der Waals surface area contributed by atoms with E-state index in [2.05, 4.69) is 35.6 Å². The molecule has 0 bridgehead atoms. The number of benzene rings is 2. The summed E-state index contributed by atoms with van der Waals surface area (Å²) in [6.07, 6.45) is 3.85. The summed E-state index contributed by atoms with van der Waals surface area (Å²) in [5, 5.41) is 3.05. The van der Waals surface area contributed by atoms with Crippen LogP contribution >= 0.6 is 0 Å². The van der Waals surface area contributed by atoms with Gasteiger partial charge in [-0.3, -0.25) is 4.79 Å². The van der Waals surface area contributed by atoms with Crippen LogP contribution in [0.5, 0.6) is 5.75 Å². The Hall–Kier alpha value is -2.33. The molecule has 2 unspecified atom stereocenters. The maximum Gasteiger partial charge on any atom is 0.223 e. The number of nitrogens with two attached hydrogens (primary N) is 1. The molecule has 1 amide bonds. The minimum absolute atomic E-state index is 0.0693. The van der Waals surface area contributed by atoms with Crippen molar-refractivity contribution in [2.45, 2.75) is 38.3 Å². The quantitative estimate of drug-likeness (QED) is 0.877. The fraction of sp³-hybridized carbons (Fsp3) is 0.381. The fourth-order valence-electron chi connectivity index (χ4n) is 3.42. The summed E-state index contributed by atoms with van der Waals surface area (Å²) in [4.78, 5) is 12.3. The highest BCUT2D eigenvalue weighted by molar-refractivity contribution is 5.78. The van der Waals surface area contributed by atoms with E-state index >= 15 is 0 Å². The largest absolute Gasteiger partial charge is 0.497 e. The number of nitrogens with one attached hydrogen (secondary N) is 1. The normalized spacial score (nSPS) is 20.1. The van der Waals surface area contributed by atoms with E-state index in [-0.39, 0.29) is 17.9 Å². The SMILES string of the molecule is COc1cccc(-c2ccc(CNC(=O)C3CCCC(N)C3)cc2)c1. The smallest absolute Gasteiger partial charge is 0.223 e. The van der Waals surface area contributed by atoms with Crippen molar-refractivity contribution >= 4 is 5.91 Å². The molecule has 0 saturated heterocycles. The molecule has 0 heterocycles. The molecule has 1 saturated carbocycles. The number of carbonyl (C=O) groups is 1. The van der Waals surface area contributed by atoms with Crippen LogP contribution in [0, 0.1) is 5.92 Å². The Bertz CT molecular complexity index is 712. The van der Waals surface area contributed by atoms with Crippen molar-refractivity contribution in [3.05, 3.63) is 54.1 Å². The predicted octanol–water partition coefficient (Wildman–Crippen LogP) is 3.50. The summed E-state index contributed by atoms with van der Waals surface area (Å²) >= 11 is 0. The third-order valence-corrected chi connectivity index (χ3v) is 4.91. The molecule has 3 rings (SSSR count). The molecule has 4 heteroatoms. The Balaban J connectivity index is 1.58. The van der Waals surface area contributed by atoms with Gasteiger partial charge in [-0.2, -0.15) is 0 Å². The molecule has 1 aliphatic carbocycles. The van der Waals surface area contributed by atoms with E-state index in [1.807, 2.05) is 18.2 Å². The maximum absolute atomic E-state index is 12.3. The lowest BCUT2D eigenvalue weighted by molar-refractivity contribution is -0.126. The molecular formula is C21H26N2O2. The van der Waals surface area contributed by atoms with Crippen molar-refractivity contribution < 1.29 is 9.53 Å². The zero-order chi connectivity index (χ0) is 17.6. The average Bonchev–Trinajstić information content (AvgIpc) is 2.66. The van der Waals surface area contributed by atoms with Crippen molar-refractivity contribution in [1.29, 1.82) is 0 Å². The predicted molar refractivity (Wildman–Crippen MR) is 100 cm³/mol. The molecule has 2 atom stereocenters. The first-order valence-electron chi connectivity index (χ1n) is 8.92. The van der Waals surface area contributed by atoms with Crippen LogP contribution in [-0.4, -0.2) is 19.1 Å². The Morgan fingerprint density at radius 2 is 1.96 bits per heavy atom. The van der Waals surface area contributed by atoms with Crippen LogP contribution in [0.25, 0.3) is 11.1 Å². The number of hydrogen-bond donors (Lipinski definition) is 2. The molecule has 3 N–H and O–H groups in total. The van der Waals surface area contributed by atoms with Crippen LogP contribution in [0.4, 0.5) is 0 Å². The summed E-state index contributed by atoms with van der Waals surface area (Å²) in [6, 6.07) is 16.4. The van der Waals surface area contributed by atoms with Gasteiger partial charge in [0.25, 0.3) is 0 Å². The van der Waals surface area contributed by atoms with Crippen molar-refractivity contribution in [3.8, 4) is 16.9 Å². The first-order chi connectivity index (χ1) is 12.2. The first kappa shape index (κ1) is 17.5. The highest BCUT2D eigenvalue weighted by Crippen LogP contribution is 2.25. The second kappa shape index (κ2) is 8.17. The average molecular weight is 338 g/mol. The number of rotatable bonds is 5. The molecule has 4 nitrogen and oxygen atoms in total. The summed E-state index contributed by atoms with van der Waals surface area (Å²) in [6.45, 7) is 0.558. The fourth-order valence-corrected chi connectivity index (χ4v) is 3.42. The van der Waals surface area contributed by atoms with E-state index in [0.29, 0.717) is 6.54 Å². The van der Waals surface area contributed by atoms with Crippen molar-refractivity contribution in [2.24, 2.45) is 11.7 Å². The minimum Gasteiger partial charge on any atom is -0.497 e. The van der Waals surface area contributed by atoms with Crippen molar-refractivity contribution in [3.63, 3.8) is 0 Å². The molecule has 0 aliphatic heterocycles. The number of hydrogen-bond acceptors (Lipinski definition) is 3. The molecule has 2 aromatic carbocycles. The Morgan fingerprint density at radius 3 is 2.68 bits per heavy atom. The van der Waals surface area contributed by atoms with Gasteiger partial charge in [0.2, 0.25) is 5.91 Å². The summed E-state index contributed by atoms with van der Waals surface area (Å²) < 4.78 is 5.27. The Labute approximate surface area is 149 Å². The van der Waals surface area contributed by atoms with Crippen LogP contribution < -0.4 is 15.8 Å². The van der Waals surface area contributed by atoms with Crippen molar-refractivity contribution in [1.82, 2.24) is 5.32 Å². The zero-order valence-electron chi connectivity index (χ0n) is 14.7. The highest BCUT2D eigenvalue weighted by Gasteiger charge is 2.24. The maximum atomic E-state index is 12.3. The van der Waals surface area contributed by atoms with Gasteiger partial charge in [0.15, 0.2) is 0 Å². The third-order valence-electron chi connectivity index (χ3n) is 4.91. The summed E-state index contributed by atoms with van der Waals surface area (Å²) in [5.41, 5.74) is 9.32. The van der Waals surface area contributed by atoms with Gasteiger partial charge < -0.3 is 15.8 Å². The van der Waals surface area contributed by atoms with Crippen LogP contribution in [-0.2, 0) is 11.3 Å². The van der Waals surface area contributed by atoms with Gasteiger partial charge in [-0.05, 0) is 48.1 Å². The topological polar surface area (TPSA) is 64.3 Å². The van der Waals surface area contributed by atoms with Gasteiger partial charge in [-0.25, -0.2) is 0 Å². The summed E-state index contributed by atoms with van der Waals surface area (Å²) in [7, 11) is 1.67. The highest BCUT2D eigenvalue weighted by atomic mass is 16.5. The molecule has 2 aromatic rings. The van der Waals surface area contributed by atoms with E-state index in [1.165, 1.54) is 0 Å². The third kappa shape index (κ3) is 4.60. The lowest BCUT2D eigenvalue weighted by atomic mass is 9.85. The molecule has 0 radical (unpaired) electrons. The number of methoxy groups -OCH3 is 1. The van der Waals surface area contributed by atoms with E-state index < -0.39 is 0 Å². The second-order valence-corrected chi connectivity index (χ2v) is 6.77. The van der Waals surface area contributed by atoms with Crippen LogP contribution in [0.1, 0.15) is 31.2 Å². The number of amides is 1. The summed E-state index contributed by atoms with van der Waals surface area (Å²) in [5.74, 6) is 1.05. The lowest BCUT2D eigenvalue weighted by Gasteiger charge is -2.25. The van der Waals surface area contributed by atoms with E-state index in [4.69, 9.17) is 10.5 Å². The molecule has 25 heavy (non-hydrogen) atoms. The molecule has 0 aromatic heterocycles. The molecule has 1 fully saturated rings.